The van der Waals surface area contributed by atoms with Gasteiger partial charge in [-0.3, -0.25) is 19.5 Å². The van der Waals surface area contributed by atoms with Crippen molar-refractivity contribution < 1.29 is 27.6 Å². The number of amides is 3. The number of benzene rings is 1. The molecule has 3 amide bonds. The molecule has 0 unspecified atom stereocenters. The normalized spacial score (nSPS) is 20.4. The van der Waals surface area contributed by atoms with E-state index >= 15 is 0 Å². The van der Waals surface area contributed by atoms with Crippen LogP contribution in [0.4, 0.5) is 18.9 Å². The van der Waals surface area contributed by atoms with Crippen LogP contribution in [0.3, 0.4) is 0 Å². The number of hydrogen-bond acceptors (Lipinski definition) is 6. The van der Waals surface area contributed by atoms with E-state index in [1.165, 1.54) is 18.3 Å². The number of aromatic nitrogens is 3. The molecule has 1 aromatic carbocycles. The van der Waals surface area contributed by atoms with Crippen molar-refractivity contribution >= 4 is 23.4 Å². The van der Waals surface area contributed by atoms with E-state index in [2.05, 4.69) is 26.0 Å². The molecule has 1 atom stereocenters. The monoisotopic (exact) mass is 461 g/mol. The fraction of sp³-hybridized carbons (Fsp3) is 0.400. The Morgan fingerprint density at radius 3 is 2.67 bits per heavy atom. The van der Waals surface area contributed by atoms with E-state index in [0.29, 0.717) is 0 Å². The van der Waals surface area contributed by atoms with Crippen molar-refractivity contribution in [2.75, 3.05) is 18.4 Å². The largest absolute Gasteiger partial charge is 0.336 e. The average Bonchev–Trinajstić information content (AvgIpc) is 3.45. The van der Waals surface area contributed by atoms with Crippen LogP contribution >= 0.6 is 0 Å². The standard InChI is InChI=1S/C20H18F3N7O3/c21-14-2-1-13(5-12(14)6-24)26-16(31)11-3-4-30(8-11)18(33)17(32)27-19(9-20(22,23)10-19)15-7-25-29-28-15/h1-2,5,7,11H,3-4,8-10H2,(H,26,31)(H,27,32)(H,25,28,29)/t11-/m0/s1. The number of hydrogen-bond donors (Lipinski definition) is 3. The summed E-state index contributed by atoms with van der Waals surface area (Å²) >= 11 is 0. The molecule has 0 spiro atoms. The molecule has 13 heteroatoms. The van der Waals surface area contributed by atoms with Crippen LogP contribution in [0.2, 0.25) is 0 Å². The lowest BCUT2D eigenvalue weighted by Gasteiger charge is -2.46. The molecule has 1 saturated carbocycles. The van der Waals surface area contributed by atoms with Crippen molar-refractivity contribution in [1.82, 2.24) is 25.6 Å². The molecule has 0 bridgehead atoms. The molecule has 172 valence electrons. The number of anilines is 1. The summed E-state index contributed by atoms with van der Waals surface area (Å²) in [5.41, 5.74) is -1.40. The summed E-state index contributed by atoms with van der Waals surface area (Å²) in [5.74, 6) is -6.85. The minimum absolute atomic E-state index is 0.0580. The molecule has 1 aliphatic carbocycles. The fourth-order valence-corrected chi connectivity index (χ4v) is 4.11. The topological polar surface area (TPSA) is 144 Å². The van der Waals surface area contributed by atoms with Gasteiger partial charge in [-0.1, -0.05) is 5.21 Å². The molecule has 1 saturated heterocycles. The van der Waals surface area contributed by atoms with Crippen LogP contribution in [0.1, 0.15) is 30.5 Å². The van der Waals surface area contributed by atoms with Crippen LogP contribution in [0.5, 0.6) is 0 Å². The molecular formula is C20H18F3N7O3. The van der Waals surface area contributed by atoms with E-state index in [-0.39, 0.29) is 36.5 Å². The van der Waals surface area contributed by atoms with Gasteiger partial charge in [0.2, 0.25) is 5.91 Å². The third-order valence-electron chi connectivity index (χ3n) is 5.78. The molecule has 2 heterocycles. The zero-order valence-corrected chi connectivity index (χ0v) is 17.1. The van der Waals surface area contributed by atoms with Crippen molar-refractivity contribution in [2.45, 2.75) is 30.7 Å². The smallest absolute Gasteiger partial charge is 0.311 e. The number of carbonyl (C=O) groups is 3. The second-order valence-electron chi connectivity index (χ2n) is 8.14. The lowest BCUT2D eigenvalue weighted by atomic mass is 9.71. The second kappa shape index (κ2) is 8.19. The summed E-state index contributed by atoms with van der Waals surface area (Å²) in [6.07, 6.45) is 0.130. The Kier molecular flexibility index (Phi) is 5.52. The van der Waals surface area contributed by atoms with Gasteiger partial charge in [0.15, 0.2) is 0 Å². The van der Waals surface area contributed by atoms with E-state index in [1.807, 2.05) is 0 Å². The van der Waals surface area contributed by atoms with E-state index in [4.69, 9.17) is 5.26 Å². The van der Waals surface area contributed by atoms with Gasteiger partial charge >= 0.3 is 11.8 Å². The maximum Gasteiger partial charge on any atom is 0.311 e. The second-order valence-corrected chi connectivity index (χ2v) is 8.14. The van der Waals surface area contributed by atoms with Gasteiger partial charge in [0.25, 0.3) is 5.92 Å². The number of nitrogens with one attached hydrogen (secondary N) is 3. The Morgan fingerprint density at radius 1 is 1.27 bits per heavy atom. The number of halogens is 3. The van der Waals surface area contributed by atoms with Gasteiger partial charge in [0.05, 0.1) is 17.0 Å². The molecule has 1 aromatic heterocycles. The van der Waals surface area contributed by atoms with Crippen LogP contribution in [0, 0.1) is 23.1 Å². The minimum Gasteiger partial charge on any atom is -0.336 e. The SMILES string of the molecule is N#Cc1cc(NC(=O)[C@H]2CCN(C(=O)C(=O)NC3(c4c[nH]nn4)CC(F)(F)C3)C2)ccc1F. The first kappa shape index (κ1) is 22.3. The lowest BCUT2D eigenvalue weighted by Crippen LogP contribution is -2.62. The Morgan fingerprint density at radius 2 is 2.03 bits per heavy atom. The van der Waals surface area contributed by atoms with Gasteiger partial charge in [-0.05, 0) is 24.6 Å². The Labute approximate surface area is 185 Å². The molecule has 10 nitrogen and oxygen atoms in total. The zero-order valence-electron chi connectivity index (χ0n) is 17.1. The third kappa shape index (κ3) is 4.36. The predicted octanol–water partition coefficient (Wildman–Crippen LogP) is 1.04. The summed E-state index contributed by atoms with van der Waals surface area (Å²) < 4.78 is 40.6. The van der Waals surface area contributed by atoms with Crippen molar-refractivity contribution in [2.24, 2.45) is 5.92 Å². The first-order chi connectivity index (χ1) is 15.6. The quantitative estimate of drug-likeness (QED) is 0.581. The number of nitriles is 1. The van der Waals surface area contributed by atoms with Crippen molar-refractivity contribution in [3.63, 3.8) is 0 Å². The molecule has 2 fully saturated rings. The van der Waals surface area contributed by atoms with Gasteiger partial charge in [-0.2, -0.15) is 5.26 Å². The van der Waals surface area contributed by atoms with Crippen LogP contribution in [-0.2, 0) is 19.9 Å². The molecule has 2 aromatic rings. The van der Waals surface area contributed by atoms with E-state index in [0.717, 1.165) is 11.0 Å². The van der Waals surface area contributed by atoms with Gasteiger partial charge in [0.1, 0.15) is 17.6 Å². The van der Waals surface area contributed by atoms with Crippen LogP contribution in [0.15, 0.2) is 24.4 Å². The highest BCUT2D eigenvalue weighted by atomic mass is 19.3. The highest BCUT2D eigenvalue weighted by molar-refractivity contribution is 6.35. The van der Waals surface area contributed by atoms with Crippen LogP contribution < -0.4 is 10.6 Å². The van der Waals surface area contributed by atoms with Gasteiger partial charge in [-0.25, -0.2) is 13.2 Å². The number of aromatic amines is 1. The van der Waals surface area contributed by atoms with Gasteiger partial charge in [-0.15, -0.1) is 5.10 Å². The Balaban J connectivity index is 1.37. The third-order valence-corrected chi connectivity index (χ3v) is 5.78. The number of rotatable bonds is 4. The van der Waals surface area contributed by atoms with Gasteiger partial charge in [0, 0.05) is 37.8 Å². The Hall–Kier alpha value is -3.95. The Bertz CT molecular complexity index is 1140. The molecular weight excluding hydrogens is 443 g/mol. The van der Waals surface area contributed by atoms with Crippen molar-refractivity contribution in [3.05, 3.63) is 41.5 Å². The highest BCUT2D eigenvalue weighted by Gasteiger charge is 2.60. The van der Waals surface area contributed by atoms with Crippen molar-refractivity contribution in [1.29, 1.82) is 5.26 Å². The number of alkyl halides is 2. The number of nitrogens with zero attached hydrogens (tertiary/aromatic N) is 4. The van der Waals surface area contributed by atoms with E-state index < -0.39 is 53.8 Å². The fourth-order valence-electron chi connectivity index (χ4n) is 4.11. The van der Waals surface area contributed by atoms with Crippen molar-refractivity contribution in [3.8, 4) is 6.07 Å². The average molecular weight is 461 g/mol. The lowest BCUT2D eigenvalue weighted by molar-refractivity contribution is -0.159. The van der Waals surface area contributed by atoms with E-state index in [9.17, 15) is 27.6 Å². The van der Waals surface area contributed by atoms with Gasteiger partial charge < -0.3 is 15.5 Å². The maximum absolute atomic E-state index is 13.6. The number of carbonyl (C=O) groups excluding carboxylic acids is 3. The predicted molar refractivity (Wildman–Crippen MR) is 105 cm³/mol. The van der Waals surface area contributed by atoms with Crippen LogP contribution in [0.25, 0.3) is 0 Å². The summed E-state index contributed by atoms with van der Waals surface area (Å²) in [6.45, 7) is 0.0574. The molecule has 1 aliphatic heterocycles. The first-order valence-corrected chi connectivity index (χ1v) is 9.99. The first-order valence-electron chi connectivity index (χ1n) is 9.99. The molecule has 2 aliphatic rings. The molecule has 0 radical (unpaired) electrons. The molecule has 33 heavy (non-hydrogen) atoms. The number of likely N-dealkylation sites (tertiary alicyclic amines) is 1. The van der Waals surface area contributed by atoms with E-state index in [1.54, 1.807) is 6.07 Å². The summed E-state index contributed by atoms with van der Waals surface area (Å²) in [4.78, 5) is 38.8. The number of H-pyrrole nitrogens is 1. The maximum atomic E-state index is 13.6. The minimum atomic E-state index is -3.00. The summed E-state index contributed by atoms with van der Waals surface area (Å²) in [7, 11) is 0. The highest BCUT2D eigenvalue weighted by Crippen LogP contribution is 2.50. The molecule has 3 N–H and O–H groups in total. The molecule has 4 rings (SSSR count). The summed E-state index contributed by atoms with van der Waals surface area (Å²) in [5, 5.41) is 23.4. The van der Waals surface area contributed by atoms with Crippen LogP contribution in [-0.4, -0.2) is 57.0 Å². The zero-order chi connectivity index (χ0) is 23.8. The summed E-state index contributed by atoms with van der Waals surface area (Å²) in [6, 6.07) is 5.22.